The molecule has 1 saturated carbocycles. The first-order valence-electron chi connectivity index (χ1n) is 11.3. The smallest absolute Gasteiger partial charge is 0.415 e. The molecule has 0 bridgehead atoms. The van der Waals surface area contributed by atoms with Crippen molar-refractivity contribution in [3.05, 3.63) is 36.5 Å². The minimum absolute atomic E-state index is 0.210. The number of hydrogen-bond acceptors (Lipinski definition) is 6. The van der Waals surface area contributed by atoms with Gasteiger partial charge in [0.15, 0.2) is 6.10 Å². The molecule has 162 valence electrons. The SMILES string of the molecule is O=C1O[C@@H](CO)[C@@H]2COc3cc(-c4ccc(N5C[C@H]6CCCC[C@H]6C5)cn4)ccc3N12. The first-order chi connectivity index (χ1) is 15.2. The molecule has 3 fully saturated rings. The van der Waals surface area contributed by atoms with Crippen LogP contribution >= 0.6 is 0 Å². The number of aromatic nitrogens is 1. The fourth-order valence-electron chi connectivity index (χ4n) is 5.71. The highest BCUT2D eigenvalue weighted by atomic mass is 16.6. The van der Waals surface area contributed by atoms with Crippen LogP contribution in [0.15, 0.2) is 36.5 Å². The van der Waals surface area contributed by atoms with Crippen molar-refractivity contribution >= 4 is 17.5 Å². The summed E-state index contributed by atoms with van der Waals surface area (Å²) >= 11 is 0. The van der Waals surface area contributed by atoms with E-state index in [-0.39, 0.29) is 12.6 Å². The Hall–Kier alpha value is -2.80. The summed E-state index contributed by atoms with van der Waals surface area (Å²) in [7, 11) is 0. The molecule has 7 heteroatoms. The van der Waals surface area contributed by atoms with Gasteiger partial charge in [0.05, 0.1) is 29.9 Å². The number of carbonyl (C=O) groups is 1. The van der Waals surface area contributed by atoms with Crippen molar-refractivity contribution in [3.8, 4) is 17.0 Å². The Kier molecular flexibility index (Phi) is 4.52. The normalized spacial score (nSPS) is 29.1. The zero-order valence-electron chi connectivity index (χ0n) is 17.4. The molecule has 3 aliphatic heterocycles. The number of nitrogens with zero attached hydrogens (tertiary/aromatic N) is 3. The van der Waals surface area contributed by atoms with Gasteiger partial charge in [0.25, 0.3) is 0 Å². The summed E-state index contributed by atoms with van der Waals surface area (Å²) in [4.78, 5) is 21.1. The van der Waals surface area contributed by atoms with Crippen molar-refractivity contribution < 1.29 is 19.4 Å². The fraction of sp³-hybridized carbons (Fsp3) is 0.500. The number of cyclic esters (lactones) is 1. The molecular formula is C24H27N3O4. The van der Waals surface area contributed by atoms with Gasteiger partial charge in [-0.3, -0.25) is 9.88 Å². The van der Waals surface area contributed by atoms with Crippen LogP contribution in [0.5, 0.6) is 5.75 Å². The summed E-state index contributed by atoms with van der Waals surface area (Å²) < 4.78 is 11.2. The molecule has 31 heavy (non-hydrogen) atoms. The molecule has 1 N–H and O–H groups in total. The molecule has 0 unspecified atom stereocenters. The van der Waals surface area contributed by atoms with Gasteiger partial charge in [0.1, 0.15) is 18.4 Å². The number of fused-ring (bicyclic) bond motifs is 4. The largest absolute Gasteiger partial charge is 0.489 e. The Labute approximate surface area is 181 Å². The molecular weight excluding hydrogens is 394 g/mol. The maximum Gasteiger partial charge on any atom is 0.415 e. The standard InChI is InChI=1S/C24H27N3O4/c28-13-23-21-14-30-22-9-15(5-8-20(22)27(21)24(29)31-23)19-7-6-18(10-25-19)26-11-16-3-1-2-4-17(16)12-26/h5-10,16-17,21,23,28H,1-4,11-14H2/t16-,17+,21-,23-/m0/s1. The van der Waals surface area contributed by atoms with Gasteiger partial charge in [-0.1, -0.05) is 18.9 Å². The zero-order valence-corrected chi connectivity index (χ0v) is 17.4. The van der Waals surface area contributed by atoms with E-state index in [9.17, 15) is 9.90 Å². The van der Waals surface area contributed by atoms with Gasteiger partial charge in [0.2, 0.25) is 0 Å². The third-order valence-corrected chi connectivity index (χ3v) is 7.40. The number of anilines is 2. The van der Waals surface area contributed by atoms with Gasteiger partial charge in [-0.25, -0.2) is 4.79 Å². The second-order valence-electron chi connectivity index (χ2n) is 9.15. The highest BCUT2D eigenvalue weighted by Crippen LogP contribution is 2.41. The van der Waals surface area contributed by atoms with E-state index in [1.807, 2.05) is 24.4 Å². The molecule has 2 saturated heterocycles. The van der Waals surface area contributed by atoms with E-state index in [0.717, 1.165) is 36.2 Å². The van der Waals surface area contributed by atoms with Crippen molar-refractivity contribution in [2.45, 2.75) is 37.8 Å². The first kappa shape index (κ1) is 18.9. The van der Waals surface area contributed by atoms with Crippen LogP contribution in [-0.4, -0.2) is 54.6 Å². The lowest BCUT2D eigenvalue weighted by atomic mass is 9.82. The number of rotatable bonds is 3. The third-order valence-electron chi connectivity index (χ3n) is 7.40. The first-order valence-corrected chi connectivity index (χ1v) is 11.3. The van der Waals surface area contributed by atoms with Crippen molar-refractivity contribution in [1.82, 2.24) is 4.98 Å². The summed E-state index contributed by atoms with van der Waals surface area (Å²) in [5, 5.41) is 9.45. The number of aliphatic hydroxyl groups excluding tert-OH is 1. The summed E-state index contributed by atoms with van der Waals surface area (Å²) in [5.74, 6) is 2.33. The highest BCUT2D eigenvalue weighted by molar-refractivity contribution is 5.94. The van der Waals surface area contributed by atoms with Crippen molar-refractivity contribution in [2.24, 2.45) is 11.8 Å². The van der Waals surface area contributed by atoms with Crippen LogP contribution in [-0.2, 0) is 4.74 Å². The summed E-state index contributed by atoms with van der Waals surface area (Å²) in [6.07, 6.45) is 6.48. The van der Waals surface area contributed by atoms with Crippen LogP contribution in [0, 0.1) is 11.8 Å². The Bertz CT molecular complexity index is 981. The molecule has 7 nitrogen and oxygen atoms in total. The second kappa shape index (κ2) is 7.41. The van der Waals surface area contributed by atoms with E-state index in [4.69, 9.17) is 14.5 Å². The summed E-state index contributed by atoms with van der Waals surface area (Å²) in [5.41, 5.74) is 3.71. The Morgan fingerprint density at radius 1 is 1.10 bits per heavy atom. The third kappa shape index (κ3) is 3.14. The molecule has 1 amide bonds. The average Bonchev–Trinajstić information content (AvgIpc) is 3.40. The minimum Gasteiger partial charge on any atom is -0.489 e. The van der Waals surface area contributed by atoms with Crippen LogP contribution in [0.25, 0.3) is 11.3 Å². The number of amides is 1. The molecule has 4 aliphatic rings. The molecule has 0 spiro atoms. The predicted octanol–water partition coefficient (Wildman–Crippen LogP) is 3.45. The van der Waals surface area contributed by atoms with Gasteiger partial charge in [-0.15, -0.1) is 0 Å². The molecule has 6 rings (SSSR count). The van der Waals surface area contributed by atoms with Crippen LogP contribution < -0.4 is 14.5 Å². The number of aliphatic hydroxyl groups is 1. The molecule has 2 aromatic rings. The topological polar surface area (TPSA) is 75.1 Å². The van der Waals surface area contributed by atoms with Gasteiger partial charge >= 0.3 is 6.09 Å². The molecule has 0 radical (unpaired) electrons. The number of ether oxygens (including phenoxy) is 2. The van der Waals surface area contributed by atoms with E-state index in [0.29, 0.717) is 18.0 Å². The molecule has 1 aromatic carbocycles. The Balaban J connectivity index is 1.22. The van der Waals surface area contributed by atoms with E-state index >= 15 is 0 Å². The van der Waals surface area contributed by atoms with E-state index < -0.39 is 12.2 Å². The highest BCUT2D eigenvalue weighted by Gasteiger charge is 2.46. The van der Waals surface area contributed by atoms with Gasteiger partial charge < -0.3 is 19.5 Å². The lowest BCUT2D eigenvalue weighted by Crippen LogP contribution is -2.45. The van der Waals surface area contributed by atoms with E-state index in [1.165, 1.54) is 31.4 Å². The molecule has 1 aliphatic carbocycles. The maximum atomic E-state index is 12.3. The fourth-order valence-corrected chi connectivity index (χ4v) is 5.71. The van der Waals surface area contributed by atoms with Gasteiger partial charge in [0, 0.05) is 18.7 Å². The Morgan fingerprint density at radius 2 is 1.90 bits per heavy atom. The molecule has 4 atom stereocenters. The maximum absolute atomic E-state index is 12.3. The Morgan fingerprint density at radius 3 is 2.61 bits per heavy atom. The number of benzene rings is 1. The predicted molar refractivity (Wildman–Crippen MR) is 116 cm³/mol. The second-order valence-corrected chi connectivity index (χ2v) is 9.15. The quantitative estimate of drug-likeness (QED) is 0.818. The van der Waals surface area contributed by atoms with E-state index in [2.05, 4.69) is 17.0 Å². The van der Waals surface area contributed by atoms with E-state index in [1.54, 1.807) is 4.90 Å². The number of pyridine rings is 1. The van der Waals surface area contributed by atoms with Crippen LogP contribution in [0.2, 0.25) is 0 Å². The number of hydrogen-bond donors (Lipinski definition) is 1. The number of carbonyl (C=O) groups excluding carboxylic acids is 1. The van der Waals surface area contributed by atoms with Crippen LogP contribution in [0.1, 0.15) is 25.7 Å². The van der Waals surface area contributed by atoms with Crippen molar-refractivity contribution in [3.63, 3.8) is 0 Å². The summed E-state index contributed by atoms with van der Waals surface area (Å²) in [6.45, 7) is 2.40. The summed E-state index contributed by atoms with van der Waals surface area (Å²) in [6, 6.07) is 9.69. The van der Waals surface area contributed by atoms with Gasteiger partial charge in [-0.2, -0.15) is 0 Å². The van der Waals surface area contributed by atoms with Crippen molar-refractivity contribution in [2.75, 3.05) is 36.1 Å². The van der Waals surface area contributed by atoms with Crippen LogP contribution in [0.3, 0.4) is 0 Å². The minimum atomic E-state index is -0.552. The van der Waals surface area contributed by atoms with Gasteiger partial charge in [-0.05, 0) is 48.9 Å². The monoisotopic (exact) mass is 421 g/mol. The zero-order chi connectivity index (χ0) is 20.9. The lowest BCUT2D eigenvalue weighted by Gasteiger charge is -2.31. The molecule has 1 aromatic heterocycles. The van der Waals surface area contributed by atoms with Crippen LogP contribution in [0.4, 0.5) is 16.2 Å². The lowest BCUT2D eigenvalue weighted by molar-refractivity contribution is 0.0734. The van der Waals surface area contributed by atoms with Crippen molar-refractivity contribution in [1.29, 1.82) is 0 Å². The average molecular weight is 421 g/mol. The molecule has 4 heterocycles.